The molecule has 3 heteroatoms. The molecule has 2 heterocycles. The summed E-state index contributed by atoms with van der Waals surface area (Å²) in [6.45, 7) is 7.52. The van der Waals surface area contributed by atoms with Gasteiger partial charge in [0.25, 0.3) is 0 Å². The summed E-state index contributed by atoms with van der Waals surface area (Å²) in [6.07, 6.45) is 7.17. The monoisotopic (exact) mass is 285 g/mol. The highest BCUT2D eigenvalue weighted by molar-refractivity contribution is 5.79. The molecule has 0 aliphatic rings. The number of nitrogens with zero attached hydrogens (tertiary/aromatic N) is 3. The fraction of sp³-hybridized carbons (Fsp3) is 0. The molecule has 0 spiro atoms. The van der Waals surface area contributed by atoms with Gasteiger partial charge in [-0.15, -0.1) is 0 Å². The quantitative estimate of drug-likeness (QED) is 0.665. The van der Waals surface area contributed by atoms with Gasteiger partial charge >= 0.3 is 0 Å². The van der Waals surface area contributed by atoms with Crippen LogP contribution in [-0.4, -0.2) is 15.0 Å². The molecule has 0 unspecified atom stereocenters. The molecule has 0 bridgehead atoms. The minimum absolute atomic E-state index is 0.613. The van der Waals surface area contributed by atoms with Crippen LogP contribution in [0.1, 0.15) is 5.69 Å². The van der Waals surface area contributed by atoms with Gasteiger partial charge in [-0.1, -0.05) is 55.7 Å². The summed E-state index contributed by atoms with van der Waals surface area (Å²) in [5.74, 6) is 0.613. The Bertz CT molecular complexity index is 878. The van der Waals surface area contributed by atoms with Gasteiger partial charge in [0.2, 0.25) is 0 Å². The molecule has 0 amide bonds. The predicted molar refractivity (Wildman–Crippen MR) is 91.1 cm³/mol. The lowest BCUT2D eigenvalue weighted by Gasteiger charge is -2.05. The molecule has 3 rings (SSSR count). The van der Waals surface area contributed by atoms with Crippen molar-refractivity contribution in [3.63, 3.8) is 0 Å². The van der Waals surface area contributed by atoms with Crippen molar-refractivity contribution in [2.45, 2.75) is 0 Å². The zero-order valence-corrected chi connectivity index (χ0v) is 12.1. The molecule has 0 atom stereocenters. The van der Waals surface area contributed by atoms with Crippen molar-refractivity contribution >= 4 is 16.5 Å². The molecule has 22 heavy (non-hydrogen) atoms. The fourth-order valence-electron chi connectivity index (χ4n) is 2.20. The van der Waals surface area contributed by atoms with Crippen molar-refractivity contribution in [1.82, 2.24) is 15.0 Å². The number of fused-ring (bicyclic) bond motifs is 1. The van der Waals surface area contributed by atoms with Crippen LogP contribution in [-0.2, 0) is 0 Å². The first-order valence-electron chi connectivity index (χ1n) is 6.96. The van der Waals surface area contributed by atoms with E-state index < -0.39 is 0 Å². The highest BCUT2D eigenvalue weighted by atomic mass is 14.9. The Morgan fingerprint density at radius 1 is 0.955 bits per heavy atom. The van der Waals surface area contributed by atoms with Gasteiger partial charge < -0.3 is 0 Å². The van der Waals surface area contributed by atoms with E-state index in [0.29, 0.717) is 5.82 Å². The number of hydrogen-bond donors (Lipinski definition) is 0. The third-order valence-electron chi connectivity index (χ3n) is 3.28. The van der Waals surface area contributed by atoms with Crippen molar-refractivity contribution in [2.24, 2.45) is 0 Å². The van der Waals surface area contributed by atoms with Crippen LogP contribution in [0.4, 0.5) is 0 Å². The van der Waals surface area contributed by atoms with Crippen LogP contribution in [0.3, 0.4) is 0 Å². The Morgan fingerprint density at radius 3 is 2.64 bits per heavy atom. The van der Waals surface area contributed by atoms with Crippen LogP contribution >= 0.6 is 0 Å². The molecular formula is C19H15N3. The molecule has 0 N–H and O–H groups in total. The Kier molecular flexibility index (Phi) is 3.88. The highest BCUT2D eigenvalue weighted by Gasteiger charge is 2.06. The third-order valence-corrected chi connectivity index (χ3v) is 3.28. The second kappa shape index (κ2) is 6.14. The first-order valence-corrected chi connectivity index (χ1v) is 6.96. The summed E-state index contributed by atoms with van der Waals surface area (Å²) in [4.78, 5) is 13.6. The molecule has 1 aromatic carbocycles. The van der Waals surface area contributed by atoms with Crippen molar-refractivity contribution in [3.05, 3.63) is 85.7 Å². The summed E-state index contributed by atoms with van der Waals surface area (Å²) >= 11 is 0. The summed E-state index contributed by atoms with van der Waals surface area (Å²) in [6, 6.07) is 13.7. The minimum atomic E-state index is 0.613. The fourth-order valence-corrected chi connectivity index (χ4v) is 2.20. The van der Waals surface area contributed by atoms with Crippen molar-refractivity contribution < 1.29 is 0 Å². The lowest BCUT2D eigenvalue weighted by Crippen LogP contribution is -1.95. The molecule has 3 nitrogen and oxygen atoms in total. The summed E-state index contributed by atoms with van der Waals surface area (Å²) in [7, 11) is 0. The smallest absolute Gasteiger partial charge is 0.178 e. The zero-order valence-electron chi connectivity index (χ0n) is 12.1. The predicted octanol–water partition coefficient (Wildman–Crippen LogP) is 4.45. The highest BCUT2D eigenvalue weighted by Crippen LogP contribution is 2.20. The average molecular weight is 285 g/mol. The molecule has 106 valence electrons. The molecule has 0 aliphatic heterocycles. The van der Waals surface area contributed by atoms with Crippen molar-refractivity contribution in [3.8, 4) is 11.5 Å². The number of para-hydroxylation sites is 1. The number of allylic oxidation sites excluding steroid dienone is 4. The van der Waals surface area contributed by atoms with E-state index in [1.165, 1.54) is 0 Å². The maximum atomic E-state index is 4.63. The van der Waals surface area contributed by atoms with Crippen LogP contribution in [0, 0.1) is 0 Å². The van der Waals surface area contributed by atoms with E-state index in [9.17, 15) is 0 Å². The van der Waals surface area contributed by atoms with Crippen LogP contribution in [0.15, 0.2) is 80.0 Å². The molecule has 0 radical (unpaired) electrons. The molecule has 0 aliphatic carbocycles. The van der Waals surface area contributed by atoms with Crippen molar-refractivity contribution in [2.75, 3.05) is 0 Å². The number of aromatic nitrogens is 3. The normalized spacial score (nSPS) is 11.4. The lowest BCUT2D eigenvalue weighted by molar-refractivity contribution is 1.16. The second-order valence-electron chi connectivity index (χ2n) is 4.72. The van der Waals surface area contributed by atoms with Gasteiger partial charge in [0.15, 0.2) is 5.82 Å². The van der Waals surface area contributed by atoms with Gasteiger partial charge in [-0.3, -0.25) is 0 Å². The van der Waals surface area contributed by atoms with Crippen LogP contribution in [0.25, 0.3) is 28.0 Å². The maximum Gasteiger partial charge on any atom is 0.178 e. The van der Waals surface area contributed by atoms with Gasteiger partial charge in [-0.2, -0.15) is 0 Å². The minimum Gasteiger partial charge on any atom is -0.244 e. The summed E-state index contributed by atoms with van der Waals surface area (Å²) in [5, 5.41) is 1.01. The average Bonchev–Trinajstić information content (AvgIpc) is 2.59. The summed E-state index contributed by atoms with van der Waals surface area (Å²) < 4.78 is 0. The first kappa shape index (κ1) is 13.9. The van der Waals surface area contributed by atoms with E-state index in [4.69, 9.17) is 0 Å². The van der Waals surface area contributed by atoms with Crippen LogP contribution in [0.2, 0.25) is 0 Å². The number of benzene rings is 1. The molecule has 3 aromatic rings. The Labute approximate surface area is 129 Å². The van der Waals surface area contributed by atoms with E-state index >= 15 is 0 Å². The van der Waals surface area contributed by atoms with E-state index in [1.54, 1.807) is 12.2 Å². The van der Waals surface area contributed by atoms with Gasteiger partial charge in [0.05, 0.1) is 11.2 Å². The first-order chi connectivity index (χ1) is 10.8. The van der Waals surface area contributed by atoms with Gasteiger partial charge in [-0.25, -0.2) is 15.0 Å². The maximum absolute atomic E-state index is 4.63. The van der Waals surface area contributed by atoms with Gasteiger partial charge in [-0.05, 0) is 23.8 Å². The second-order valence-corrected chi connectivity index (χ2v) is 4.72. The zero-order chi connectivity index (χ0) is 15.4. The molecule has 0 fully saturated rings. The van der Waals surface area contributed by atoms with E-state index in [0.717, 1.165) is 27.9 Å². The lowest BCUT2D eigenvalue weighted by atomic mass is 10.1. The standard InChI is InChI=1S/C19H15N3/c1-3-8-14(4-2)16-11-7-12-18(21-16)19-20-13-15-9-5-6-10-17(15)22-19/h3-13H,1-2H2/b14-8+. The Morgan fingerprint density at radius 2 is 1.82 bits per heavy atom. The van der Waals surface area contributed by atoms with Gasteiger partial charge in [0, 0.05) is 11.6 Å². The molecule has 2 aromatic heterocycles. The van der Waals surface area contributed by atoms with E-state index in [-0.39, 0.29) is 0 Å². The molecule has 0 saturated heterocycles. The third kappa shape index (κ3) is 2.69. The number of pyridine rings is 1. The van der Waals surface area contributed by atoms with Crippen molar-refractivity contribution in [1.29, 1.82) is 0 Å². The number of hydrogen-bond acceptors (Lipinski definition) is 3. The van der Waals surface area contributed by atoms with Crippen LogP contribution < -0.4 is 0 Å². The van der Waals surface area contributed by atoms with E-state index in [1.807, 2.05) is 54.7 Å². The van der Waals surface area contributed by atoms with Gasteiger partial charge in [0.1, 0.15) is 5.69 Å². The summed E-state index contributed by atoms with van der Waals surface area (Å²) in [5.41, 5.74) is 3.38. The molecule has 0 saturated carbocycles. The largest absolute Gasteiger partial charge is 0.244 e. The Hall–Kier alpha value is -3.07. The SMILES string of the molecule is C=C/C=C(\C=C)c1cccc(-c2ncc3ccccc3n2)n1. The number of rotatable bonds is 4. The topological polar surface area (TPSA) is 38.7 Å². The molecular weight excluding hydrogens is 270 g/mol. The van der Waals surface area contributed by atoms with E-state index in [2.05, 4.69) is 28.1 Å². The Balaban J connectivity index is 2.08. The van der Waals surface area contributed by atoms with Crippen LogP contribution in [0.5, 0.6) is 0 Å².